The van der Waals surface area contributed by atoms with Crippen LogP contribution in [-0.4, -0.2) is 12.6 Å². The molecule has 2 aromatic rings. The molecule has 0 bridgehead atoms. The number of allylic oxidation sites excluding steroid dienone is 1. The molecule has 0 aliphatic rings. The number of nitrogens with one attached hydrogen (secondary N) is 2. The Kier molecular flexibility index (Phi) is 5.86. The first-order valence-corrected chi connectivity index (χ1v) is 8.41. The van der Waals surface area contributed by atoms with E-state index in [2.05, 4.69) is 23.3 Å². The molecule has 0 aliphatic carbocycles. The minimum Gasteiger partial charge on any atom is -0.492 e. The number of amides is 2. The molecule has 0 saturated carbocycles. The van der Waals surface area contributed by atoms with E-state index in [-0.39, 0.29) is 6.03 Å². The Morgan fingerprint density at radius 2 is 1.88 bits per heavy atom. The smallest absolute Gasteiger partial charge is 0.320 e. The minimum absolute atomic E-state index is 0.280. The van der Waals surface area contributed by atoms with Gasteiger partial charge in [0.05, 0.1) is 17.8 Å². The van der Waals surface area contributed by atoms with Crippen LogP contribution in [0.25, 0.3) is 5.57 Å². The second kappa shape index (κ2) is 7.88. The predicted molar refractivity (Wildman–Crippen MR) is 104 cm³/mol. The monoisotopic (exact) mass is 338 g/mol. The summed E-state index contributed by atoms with van der Waals surface area (Å²) in [5, 5.41) is 5.89. The third kappa shape index (κ3) is 4.86. The number of carbonyl (C=O) groups is 1. The van der Waals surface area contributed by atoms with E-state index in [0.29, 0.717) is 18.0 Å². The standard InChI is InChI=1S/C21H26N2O2/c1-6-25-19-13-8-7-12-18(19)22-20(24)23-21(4,5)17-11-9-10-16(14-17)15(2)3/h7-14H,2,6H2,1,3-5H3,(H2,22,23,24). The summed E-state index contributed by atoms with van der Waals surface area (Å²) in [6.45, 7) is 12.3. The Labute approximate surface area is 149 Å². The largest absolute Gasteiger partial charge is 0.492 e. The Hall–Kier alpha value is -2.75. The van der Waals surface area contributed by atoms with Gasteiger partial charge in [-0.05, 0) is 57.0 Å². The van der Waals surface area contributed by atoms with E-state index in [0.717, 1.165) is 16.7 Å². The number of hydrogen-bond donors (Lipinski definition) is 2. The lowest BCUT2D eigenvalue weighted by Crippen LogP contribution is -2.43. The van der Waals surface area contributed by atoms with Gasteiger partial charge >= 0.3 is 6.03 Å². The van der Waals surface area contributed by atoms with Gasteiger partial charge in [0, 0.05) is 0 Å². The van der Waals surface area contributed by atoms with Crippen LogP contribution in [0, 0.1) is 0 Å². The lowest BCUT2D eigenvalue weighted by Gasteiger charge is -2.28. The van der Waals surface area contributed by atoms with Gasteiger partial charge in [0.25, 0.3) is 0 Å². The highest BCUT2D eigenvalue weighted by Gasteiger charge is 2.23. The first-order chi connectivity index (χ1) is 11.8. The number of urea groups is 1. The molecule has 25 heavy (non-hydrogen) atoms. The summed E-state index contributed by atoms with van der Waals surface area (Å²) in [5.74, 6) is 0.655. The predicted octanol–water partition coefficient (Wildman–Crippen LogP) is 5.18. The molecule has 2 rings (SSSR count). The highest BCUT2D eigenvalue weighted by atomic mass is 16.5. The maximum Gasteiger partial charge on any atom is 0.320 e. The van der Waals surface area contributed by atoms with Crippen molar-refractivity contribution in [3.8, 4) is 5.75 Å². The molecule has 0 fully saturated rings. The molecule has 0 spiro atoms. The fourth-order valence-corrected chi connectivity index (χ4v) is 2.53. The molecule has 2 amide bonds. The van der Waals surface area contributed by atoms with E-state index in [9.17, 15) is 4.79 Å². The highest BCUT2D eigenvalue weighted by molar-refractivity contribution is 5.91. The van der Waals surface area contributed by atoms with Crippen LogP contribution in [0.5, 0.6) is 5.75 Å². The van der Waals surface area contributed by atoms with E-state index >= 15 is 0 Å². The Morgan fingerprint density at radius 3 is 2.56 bits per heavy atom. The van der Waals surface area contributed by atoms with Crippen LogP contribution in [0.15, 0.2) is 55.1 Å². The fraction of sp³-hybridized carbons (Fsp3) is 0.286. The third-order valence-corrected chi connectivity index (χ3v) is 3.94. The van der Waals surface area contributed by atoms with E-state index < -0.39 is 5.54 Å². The number of rotatable bonds is 6. The molecule has 0 aliphatic heterocycles. The van der Waals surface area contributed by atoms with Gasteiger partial charge in [0.1, 0.15) is 5.75 Å². The van der Waals surface area contributed by atoms with E-state index in [1.54, 1.807) is 0 Å². The number of carbonyl (C=O) groups excluding carboxylic acids is 1. The summed E-state index contributed by atoms with van der Waals surface area (Å²) < 4.78 is 5.54. The number of benzene rings is 2. The molecule has 4 heteroatoms. The van der Waals surface area contributed by atoms with Crippen molar-refractivity contribution in [1.82, 2.24) is 5.32 Å². The Balaban J connectivity index is 2.14. The van der Waals surface area contributed by atoms with Crippen LogP contribution < -0.4 is 15.4 Å². The highest BCUT2D eigenvalue weighted by Crippen LogP contribution is 2.26. The van der Waals surface area contributed by atoms with Crippen LogP contribution in [0.2, 0.25) is 0 Å². The summed E-state index contributed by atoms with van der Waals surface area (Å²) >= 11 is 0. The lowest BCUT2D eigenvalue weighted by atomic mass is 9.92. The molecule has 132 valence electrons. The molecule has 0 radical (unpaired) electrons. The van der Waals surface area contributed by atoms with E-state index in [1.807, 2.05) is 70.2 Å². The molecular weight excluding hydrogens is 312 g/mol. The van der Waals surface area contributed by atoms with Crippen LogP contribution in [0.1, 0.15) is 38.8 Å². The summed E-state index contributed by atoms with van der Waals surface area (Å²) in [5.41, 5.74) is 3.19. The normalized spacial score (nSPS) is 10.9. The number of ether oxygens (including phenoxy) is 1. The number of hydrogen-bond acceptors (Lipinski definition) is 2. The van der Waals surface area contributed by atoms with Gasteiger partial charge in [0.15, 0.2) is 0 Å². The Bertz CT molecular complexity index is 766. The maximum absolute atomic E-state index is 12.5. The van der Waals surface area contributed by atoms with Gasteiger partial charge in [-0.3, -0.25) is 0 Å². The Morgan fingerprint density at radius 1 is 1.16 bits per heavy atom. The maximum atomic E-state index is 12.5. The van der Waals surface area contributed by atoms with Crippen LogP contribution >= 0.6 is 0 Å². The molecule has 2 aromatic carbocycles. The molecule has 0 aromatic heterocycles. The first kappa shape index (κ1) is 18.6. The third-order valence-electron chi connectivity index (χ3n) is 3.94. The zero-order chi connectivity index (χ0) is 18.4. The van der Waals surface area contributed by atoms with Crippen molar-refractivity contribution < 1.29 is 9.53 Å². The SMILES string of the molecule is C=C(C)c1cccc(C(C)(C)NC(=O)Nc2ccccc2OCC)c1. The van der Waals surface area contributed by atoms with Crippen molar-refractivity contribution in [2.45, 2.75) is 33.2 Å². The van der Waals surface area contributed by atoms with E-state index in [1.165, 1.54) is 0 Å². The van der Waals surface area contributed by atoms with Crippen molar-refractivity contribution in [3.05, 3.63) is 66.2 Å². The van der Waals surface area contributed by atoms with Crippen molar-refractivity contribution in [2.24, 2.45) is 0 Å². The second-order valence-electron chi connectivity index (χ2n) is 6.49. The average molecular weight is 338 g/mol. The number of anilines is 1. The molecule has 4 nitrogen and oxygen atoms in total. The summed E-state index contributed by atoms with van der Waals surface area (Å²) in [4.78, 5) is 12.5. The van der Waals surface area contributed by atoms with Gasteiger partial charge < -0.3 is 15.4 Å². The zero-order valence-electron chi connectivity index (χ0n) is 15.3. The van der Waals surface area contributed by atoms with Crippen LogP contribution in [-0.2, 0) is 5.54 Å². The summed E-state index contributed by atoms with van der Waals surface area (Å²) in [7, 11) is 0. The molecule has 0 heterocycles. The average Bonchev–Trinajstić information content (AvgIpc) is 2.56. The molecule has 0 saturated heterocycles. The molecule has 2 N–H and O–H groups in total. The summed E-state index contributed by atoms with van der Waals surface area (Å²) in [6, 6.07) is 15.2. The summed E-state index contributed by atoms with van der Waals surface area (Å²) in [6.07, 6.45) is 0. The zero-order valence-corrected chi connectivity index (χ0v) is 15.3. The second-order valence-corrected chi connectivity index (χ2v) is 6.49. The lowest BCUT2D eigenvalue weighted by molar-refractivity contribution is 0.241. The van der Waals surface area contributed by atoms with Gasteiger partial charge in [-0.2, -0.15) is 0 Å². The first-order valence-electron chi connectivity index (χ1n) is 8.41. The minimum atomic E-state index is -0.532. The van der Waals surface area contributed by atoms with Crippen LogP contribution in [0.4, 0.5) is 10.5 Å². The topological polar surface area (TPSA) is 50.4 Å². The van der Waals surface area contributed by atoms with Gasteiger partial charge in [-0.15, -0.1) is 0 Å². The van der Waals surface area contributed by atoms with Gasteiger partial charge in [-0.25, -0.2) is 4.79 Å². The molecule has 0 atom stereocenters. The van der Waals surface area contributed by atoms with Crippen molar-refractivity contribution in [3.63, 3.8) is 0 Å². The van der Waals surface area contributed by atoms with Gasteiger partial charge in [-0.1, -0.05) is 42.5 Å². The van der Waals surface area contributed by atoms with Crippen molar-refractivity contribution in [2.75, 3.05) is 11.9 Å². The van der Waals surface area contributed by atoms with Crippen molar-refractivity contribution in [1.29, 1.82) is 0 Å². The fourth-order valence-electron chi connectivity index (χ4n) is 2.53. The molecule has 0 unspecified atom stereocenters. The van der Waals surface area contributed by atoms with E-state index in [4.69, 9.17) is 4.74 Å². The van der Waals surface area contributed by atoms with Gasteiger partial charge in [0.2, 0.25) is 0 Å². The van der Waals surface area contributed by atoms with Crippen molar-refractivity contribution >= 4 is 17.3 Å². The quantitative estimate of drug-likeness (QED) is 0.763. The molecular formula is C21H26N2O2. The van der Waals surface area contributed by atoms with Crippen LogP contribution in [0.3, 0.4) is 0 Å². The number of para-hydroxylation sites is 2.